The molecular weight excluding hydrogens is 304 g/mol. The molecule has 0 saturated carbocycles. The van der Waals surface area contributed by atoms with Gasteiger partial charge in [0.25, 0.3) is 0 Å². The zero-order chi connectivity index (χ0) is 18.0. The second kappa shape index (κ2) is 9.96. The molecule has 0 spiro atoms. The van der Waals surface area contributed by atoms with Crippen LogP contribution in [0.15, 0.2) is 24.3 Å². The number of rotatable bonds is 8. The van der Waals surface area contributed by atoms with E-state index in [9.17, 15) is 9.59 Å². The molecule has 2 N–H and O–H groups in total. The van der Waals surface area contributed by atoms with Crippen LogP contribution in [0.5, 0.6) is 0 Å². The predicted octanol–water partition coefficient (Wildman–Crippen LogP) is 3.21. The van der Waals surface area contributed by atoms with Crippen molar-refractivity contribution in [2.75, 3.05) is 13.1 Å². The highest BCUT2D eigenvalue weighted by molar-refractivity contribution is 5.76. The Kier molecular flexibility index (Phi) is 8.30. The lowest BCUT2D eigenvalue weighted by Gasteiger charge is -2.19. The van der Waals surface area contributed by atoms with Crippen LogP contribution in [-0.2, 0) is 22.4 Å². The SMILES string of the molecule is CCc1ccc(CCC(=O)NCCCNC(=O)OC(C)(C)C)cc1. The first-order valence-corrected chi connectivity index (χ1v) is 8.61. The van der Waals surface area contributed by atoms with Crippen LogP contribution in [0.4, 0.5) is 4.79 Å². The Morgan fingerprint density at radius 2 is 1.58 bits per heavy atom. The standard InChI is InChI=1S/C19H30N2O3/c1-5-15-7-9-16(10-8-15)11-12-17(22)20-13-6-14-21-18(23)24-19(2,3)4/h7-10H,5-6,11-14H2,1-4H3,(H,20,22)(H,21,23). The van der Waals surface area contributed by atoms with Crippen LogP contribution in [0.2, 0.25) is 0 Å². The molecule has 0 heterocycles. The van der Waals surface area contributed by atoms with Gasteiger partial charge in [-0.2, -0.15) is 0 Å². The van der Waals surface area contributed by atoms with Crippen molar-refractivity contribution >= 4 is 12.0 Å². The lowest BCUT2D eigenvalue weighted by molar-refractivity contribution is -0.121. The Morgan fingerprint density at radius 3 is 2.17 bits per heavy atom. The minimum Gasteiger partial charge on any atom is -0.444 e. The largest absolute Gasteiger partial charge is 0.444 e. The Labute approximate surface area is 145 Å². The quantitative estimate of drug-likeness (QED) is 0.717. The number of nitrogens with one attached hydrogen (secondary N) is 2. The second-order valence-corrected chi connectivity index (χ2v) is 6.80. The summed E-state index contributed by atoms with van der Waals surface area (Å²) in [5.74, 6) is 0.0341. The van der Waals surface area contributed by atoms with Crippen molar-refractivity contribution in [2.45, 2.75) is 59.0 Å². The number of hydrogen-bond donors (Lipinski definition) is 2. The molecule has 0 aliphatic rings. The smallest absolute Gasteiger partial charge is 0.407 e. The van der Waals surface area contributed by atoms with Crippen LogP contribution >= 0.6 is 0 Å². The normalized spacial score (nSPS) is 11.0. The molecule has 0 atom stereocenters. The number of aryl methyl sites for hydroxylation is 2. The molecule has 0 aliphatic heterocycles. The fourth-order valence-electron chi connectivity index (χ4n) is 2.11. The Morgan fingerprint density at radius 1 is 1.00 bits per heavy atom. The van der Waals surface area contributed by atoms with E-state index >= 15 is 0 Å². The third-order valence-corrected chi connectivity index (χ3v) is 3.42. The van der Waals surface area contributed by atoms with Crippen LogP contribution in [0.3, 0.4) is 0 Å². The van der Waals surface area contributed by atoms with E-state index in [4.69, 9.17) is 4.74 Å². The maximum absolute atomic E-state index is 11.8. The highest BCUT2D eigenvalue weighted by atomic mass is 16.6. The fraction of sp³-hybridized carbons (Fsp3) is 0.579. The summed E-state index contributed by atoms with van der Waals surface area (Å²) in [6, 6.07) is 8.37. The van der Waals surface area contributed by atoms with Crippen molar-refractivity contribution in [3.05, 3.63) is 35.4 Å². The molecule has 1 aromatic rings. The van der Waals surface area contributed by atoms with Crippen LogP contribution in [0.1, 0.15) is 51.7 Å². The average Bonchev–Trinajstić information content (AvgIpc) is 2.51. The second-order valence-electron chi connectivity index (χ2n) is 6.80. The van der Waals surface area contributed by atoms with Gasteiger partial charge in [-0.25, -0.2) is 4.79 Å². The molecule has 0 fully saturated rings. The van der Waals surface area contributed by atoms with Crippen molar-refractivity contribution in [2.24, 2.45) is 0 Å². The molecule has 0 bridgehead atoms. The molecular formula is C19H30N2O3. The molecule has 0 aromatic heterocycles. The van der Waals surface area contributed by atoms with Crippen molar-refractivity contribution in [1.29, 1.82) is 0 Å². The number of hydrogen-bond acceptors (Lipinski definition) is 3. The third-order valence-electron chi connectivity index (χ3n) is 3.42. The van der Waals surface area contributed by atoms with Gasteiger partial charge in [0.15, 0.2) is 0 Å². The topological polar surface area (TPSA) is 67.4 Å². The molecule has 1 rings (SSSR count). The van der Waals surface area contributed by atoms with Crippen molar-refractivity contribution in [1.82, 2.24) is 10.6 Å². The summed E-state index contributed by atoms with van der Waals surface area (Å²) in [7, 11) is 0. The molecule has 5 nitrogen and oxygen atoms in total. The summed E-state index contributed by atoms with van der Waals surface area (Å²) >= 11 is 0. The Bertz CT molecular complexity index is 518. The average molecular weight is 334 g/mol. The summed E-state index contributed by atoms with van der Waals surface area (Å²) in [6.07, 6.45) is 2.50. The van der Waals surface area contributed by atoms with E-state index in [0.717, 1.165) is 12.8 Å². The van der Waals surface area contributed by atoms with Crippen molar-refractivity contribution in [3.8, 4) is 0 Å². The first-order valence-electron chi connectivity index (χ1n) is 8.61. The van der Waals surface area contributed by atoms with Gasteiger partial charge in [0, 0.05) is 19.5 Å². The number of amides is 2. The third kappa shape index (κ3) is 9.18. The lowest BCUT2D eigenvalue weighted by atomic mass is 10.1. The minimum atomic E-state index is -0.492. The van der Waals surface area contributed by atoms with E-state index < -0.39 is 11.7 Å². The van der Waals surface area contributed by atoms with E-state index in [1.807, 2.05) is 20.8 Å². The number of benzene rings is 1. The van der Waals surface area contributed by atoms with Crippen molar-refractivity contribution in [3.63, 3.8) is 0 Å². The predicted molar refractivity (Wildman–Crippen MR) is 96.0 cm³/mol. The van der Waals surface area contributed by atoms with E-state index in [1.165, 1.54) is 11.1 Å². The minimum absolute atomic E-state index is 0.0341. The van der Waals surface area contributed by atoms with Gasteiger partial charge in [-0.15, -0.1) is 0 Å². The molecule has 24 heavy (non-hydrogen) atoms. The monoisotopic (exact) mass is 334 g/mol. The van der Waals surface area contributed by atoms with Crippen LogP contribution in [0, 0.1) is 0 Å². The van der Waals surface area contributed by atoms with Crippen molar-refractivity contribution < 1.29 is 14.3 Å². The van der Waals surface area contributed by atoms with Gasteiger partial charge in [-0.05, 0) is 51.2 Å². The molecule has 1 aromatic carbocycles. The maximum atomic E-state index is 11.8. The molecule has 134 valence electrons. The lowest BCUT2D eigenvalue weighted by Crippen LogP contribution is -2.34. The molecule has 0 aliphatic carbocycles. The van der Waals surface area contributed by atoms with Gasteiger partial charge in [0.05, 0.1) is 0 Å². The van der Waals surface area contributed by atoms with Crippen LogP contribution < -0.4 is 10.6 Å². The zero-order valence-corrected chi connectivity index (χ0v) is 15.3. The summed E-state index contributed by atoms with van der Waals surface area (Å²) in [4.78, 5) is 23.2. The van der Waals surface area contributed by atoms with Gasteiger partial charge >= 0.3 is 6.09 Å². The van der Waals surface area contributed by atoms with Crippen LogP contribution in [-0.4, -0.2) is 30.7 Å². The Balaban J connectivity index is 2.10. The van der Waals surface area contributed by atoms with E-state index in [2.05, 4.69) is 41.8 Å². The van der Waals surface area contributed by atoms with Gasteiger partial charge in [0.2, 0.25) is 5.91 Å². The molecule has 0 saturated heterocycles. The zero-order valence-electron chi connectivity index (χ0n) is 15.3. The summed E-state index contributed by atoms with van der Waals surface area (Å²) < 4.78 is 5.13. The Hall–Kier alpha value is -2.04. The van der Waals surface area contributed by atoms with Gasteiger partial charge in [-0.1, -0.05) is 31.2 Å². The first kappa shape index (κ1) is 20.0. The molecule has 0 unspecified atom stereocenters. The highest BCUT2D eigenvalue weighted by Gasteiger charge is 2.15. The number of carbonyl (C=O) groups excluding carboxylic acids is 2. The fourth-order valence-corrected chi connectivity index (χ4v) is 2.11. The summed E-state index contributed by atoms with van der Waals surface area (Å²) in [5, 5.41) is 5.54. The van der Waals surface area contributed by atoms with Crippen LogP contribution in [0.25, 0.3) is 0 Å². The summed E-state index contributed by atoms with van der Waals surface area (Å²) in [5.41, 5.74) is 1.99. The van der Waals surface area contributed by atoms with Gasteiger partial charge < -0.3 is 15.4 Å². The molecule has 2 amide bonds. The number of ether oxygens (including phenoxy) is 1. The van der Waals surface area contributed by atoms with Gasteiger partial charge in [-0.3, -0.25) is 4.79 Å². The van der Waals surface area contributed by atoms with E-state index in [1.54, 1.807) is 0 Å². The number of carbonyl (C=O) groups is 2. The molecule has 5 heteroatoms. The van der Waals surface area contributed by atoms with E-state index in [-0.39, 0.29) is 5.91 Å². The number of alkyl carbamates (subject to hydrolysis) is 1. The van der Waals surface area contributed by atoms with E-state index in [0.29, 0.717) is 25.9 Å². The maximum Gasteiger partial charge on any atom is 0.407 e. The van der Waals surface area contributed by atoms with Gasteiger partial charge in [0.1, 0.15) is 5.60 Å². The molecule has 0 radical (unpaired) electrons. The first-order chi connectivity index (χ1) is 11.3. The highest BCUT2D eigenvalue weighted by Crippen LogP contribution is 2.07. The summed E-state index contributed by atoms with van der Waals surface area (Å²) in [6.45, 7) is 8.62.